The number of carbonyl (C=O) groups is 1. The molecule has 2 aromatic carbocycles. The average Bonchev–Trinajstić information content (AvgIpc) is 2.43. The molecule has 0 fully saturated rings. The van der Waals surface area contributed by atoms with Crippen molar-refractivity contribution in [3.05, 3.63) is 63.1 Å². The molecule has 5 heteroatoms. The summed E-state index contributed by atoms with van der Waals surface area (Å²) in [4.78, 5) is 14.8. The molecule has 0 N–H and O–H groups in total. The van der Waals surface area contributed by atoms with Crippen LogP contribution < -0.4 is 0 Å². The van der Waals surface area contributed by atoms with Gasteiger partial charge in [0.25, 0.3) is 5.91 Å². The van der Waals surface area contributed by atoms with E-state index in [4.69, 9.17) is 11.6 Å². The highest BCUT2D eigenvalue weighted by Gasteiger charge is 2.15. The predicted molar refractivity (Wildman–Crippen MR) is 88.6 cm³/mol. The number of halogens is 2. The molecule has 0 saturated carbocycles. The third kappa shape index (κ3) is 3.78. The van der Waals surface area contributed by atoms with Gasteiger partial charge in [-0.15, -0.1) is 12.6 Å². The zero-order chi connectivity index (χ0) is 14.7. The van der Waals surface area contributed by atoms with Crippen LogP contribution in [0.2, 0.25) is 5.02 Å². The maximum Gasteiger partial charge on any atom is 0.255 e. The highest BCUT2D eigenvalue weighted by molar-refractivity contribution is 9.10. The molecule has 0 aromatic heterocycles. The van der Waals surface area contributed by atoms with E-state index in [9.17, 15) is 4.79 Å². The second-order valence-electron chi connectivity index (χ2n) is 4.45. The van der Waals surface area contributed by atoms with E-state index in [0.717, 1.165) is 14.9 Å². The monoisotopic (exact) mass is 369 g/mol. The Labute approximate surface area is 137 Å². The van der Waals surface area contributed by atoms with Crippen molar-refractivity contribution >= 4 is 46.1 Å². The fraction of sp³-hybridized carbons (Fsp3) is 0.133. The molecule has 0 bridgehead atoms. The molecule has 0 atom stereocenters. The van der Waals surface area contributed by atoms with Crippen LogP contribution in [0.15, 0.2) is 51.8 Å². The van der Waals surface area contributed by atoms with E-state index in [0.29, 0.717) is 17.1 Å². The Bertz CT molecular complexity index is 630. The van der Waals surface area contributed by atoms with Gasteiger partial charge in [-0.3, -0.25) is 4.79 Å². The number of thiol groups is 1. The fourth-order valence-electron chi connectivity index (χ4n) is 1.82. The summed E-state index contributed by atoms with van der Waals surface area (Å²) >= 11 is 13.5. The first-order valence-electron chi connectivity index (χ1n) is 5.96. The summed E-state index contributed by atoms with van der Waals surface area (Å²) in [6.07, 6.45) is 0. The maximum atomic E-state index is 12.4. The third-order valence-corrected chi connectivity index (χ3v) is 4.08. The topological polar surface area (TPSA) is 20.3 Å². The lowest BCUT2D eigenvalue weighted by molar-refractivity contribution is 0.0784. The van der Waals surface area contributed by atoms with Gasteiger partial charge in [0.2, 0.25) is 0 Å². The molecule has 0 aliphatic carbocycles. The van der Waals surface area contributed by atoms with E-state index < -0.39 is 0 Å². The summed E-state index contributed by atoms with van der Waals surface area (Å²) in [5.41, 5.74) is 1.64. The minimum Gasteiger partial charge on any atom is -0.337 e. The van der Waals surface area contributed by atoms with Gasteiger partial charge in [-0.2, -0.15) is 0 Å². The van der Waals surface area contributed by atoms with Gasteiger partial charge in [-0.1, -0.05) is 23.7 Å². The fourth-order valence-corrected chi connectivity index (χ4v) is 2.56. The van der Waals surface area contributed by atoms with Gasteiger partial charge in [0.05, 0.1) is 5.56 Å². The van der Waals surface area contributed by atoms with E-state index in [1.807, 2.05) is 36.4 Å². The van der Waals surface area contributed by atoms with Gasteiger partial charge in [-0.25, -0.2) is 0 Å². The normalized spacial score (nSPS) is 10.4. The smallest absolute Gasteiger partial charge is 0.255 e. The molecule has 2 rings (SSSR count). The van der Waals surface area contributed by atoms with Gasteiger partial charge < -0.3 is 4.90 Å². The predicted octanol–water partition coefficient (Wildman–Crippen LogP) is 4.66. The van der Waals surface area contributed by atoms with E-state index >= 15 is 0 Å². The van der Waals surface area contributed by atoms with Crippen LogP contribution >= 0.6 is 40.2 Å². The number of rotatable bonds is 3. The van der Waals surface area contributed by atoms with Gasteiger partial charge in [0, 0.05) is 28.0 Å². The van der Waals surface area contributed by atoms with Gasteiger partial charge in [0.1, 0.15) is 0 Å². The molecule has 0 saturated heterocycles. The molecule has 0 heterocycles. The van der Waals surface area contributed by atoms with E-state index in [1.165, 1.54) is 0 Å². The number of nitrogens with zero attached hydrogens (tertiary/aromatic N) is 1. The molecule has 0 aliphatic heterocycles. The Morgan fingerprint density at radius 1 is 1.25 bits per heavy atom. The standard InChI is InChI=1S/C15H13BrClNOS/c1-18(9-10-2-4-11(17)5-3-10)15(19)13-8-12(20)6-7-14(13)16/h2-8,20H,9H2,1H3. The SMILES string of the molecule is CN(Cc1ccc(Cl)cc1)C(=O)c1cc(S)ccc1Br. The Morgan fingerprint density at radius 2 is 1.90 bits per heavy atom. The first kappa shape index (κ1) is 15.4. The molecule has 104 valence electrons. The Kier molecular flexibility index (Phi) is 5.13. The lowest BCUT2D eigenvalue weighted by atomic mass is 10.1. The van der Waals surface area contributed by atoms with Crippen molar-refractivity contribution in [3.8, 4) is 0 Å². The molecule has 0 aliphatic rings. The van der Waals surface area contributed by atoms with Gasteiger partial charge in [-0.05, 0) is 51.8 Å². The summed E-state index contributed by atoms with van der Waals surface area (Å²) < 4.78 is 0.767. The van der Waals surface area contributed by atoms with Crippen molar-refractivity contribution in [1.82, 2.24) is 4.90 Å². The molecule has 2 nitrogen and oxygen atoms in total. The second kappa shape index (κ2) is 6.66. The molecular weight excluding hydrogens is 358 g/mol. The molecule has 2 aromatic rings. The maximum absolute atomic E-state index is 12.4. The zero-order valence-electron chi connectivity index (χ0n) is 10.8. The molecular formula is C15H13BrClNOS. The van der Waals surface area contributed by atoms with Crippen LogP contribution in [0.4, 0.5) is 0 Å². The van der Waals surface area contributed by atoms with Crippen LogP contribution in [-0.4, -0.2) is 17.9 Å². The Balaban J connectivity index is 2.16. The minimum atomic E-state index is -0.0530. The highest BCUT2D eigenvalue weighted by atomic mass is 79.9. The largest absolute Gasteiger partial charge is 0.337 e. The minimum absolute atomic E-state index is 0.0530. The van der Waals surface area contributed by atoms with Gasteiger partial charge >= 0.3 is 0 Å². The van der Waals surface area contributed by atoms with Crippen LogP contribution in [0.5, 0.6) is 0 Å². The summed E-state index contributed by atoms with van der Waals surface area (Å²) in [7, 11) is 1.77. The number of benzene rings is 2. The van der Waals surface area contributed by atoms with Crippen LogP contribution in [0, 0.1) is 0 Å². The molecule has 0 radical (unpaired) electrons. The molecule has 1 amide bonds. The van der Waals surface area contributed by atoms with Crippen LogP contribution in [0.1, 0.15) is 15.9 Å². The zero-order valence-corrected chi connectivity index (χ0v) is 14.0. The summed E-state index contributed by atoms with van der Waals surface area (Å²) in [5, 5.41) is 0.688. The van der Waals surface area contributed by atoms with Crippen molar-refractivity contribution < 1.29 is 4.79 Å². The van der Waals surface area contributed by atoms with Crippen LogP contribution in [0.3, 0.4) is 0 Å². The first-order valence-corrected chi connectivity index (χ1v) is 7.57. The number of carbonyl (C=O) groups excluding carboxylic acids is 1. The quantitative estimate of drug-likeness (QED) is 0.779. The van der Waals surface area contributed by atoms with E-state index in [1.54, 1.807) is 18.0 Å². The number of hydrogen-bond donors (Lipinski definition) is 1. The third-order valence-electron chi connectivity index (χ3n) is 2.86. The molecule has 20 heavy (non-hydrogen) atoms. The molecule has 0 spiro atoms. The lowest BCUT2D eigenvalue weighted by Crippen LogP contribution is -2.26. The average molecular weight is 371 g/mol. The summed E-state index contributed by atoms with van der Waals surface area (Å²) in [5.74, 6) is -0.0530. The lowest BCUT2D eigenvalue weighted by Gasteiger charge is -2.18. The van der Waals surface area contributed by atoms with Crippen LogP contribution in [-0.2, 0) is 6.54 Å². The van der Waals surface area contributed by atoms with Crippen molar-refractivity contribution in [2.24, 2.45) is 0 Å². The number of hydrogen-bond acceptors (Lipinski definition) is 2. The summed E-state index contributed by atoms with van der Waals surface area (Å²) in [6.45, 7) is 0.527. The summed E-state index contributed by atoms with van der Waals surface area (Å²) in [6, 6.07) is 12.9. The van der Waals surface area contributed by atoms with Crippen molar-refractivity contribution in [1.29, 1.82) is 0 Å². The van der Waals surface area contributed by atoms with Crippen molar-refractivity contribution in [3.63, 3.8) is 0 Å². The van der Waals surface area contributed by atoms with Crippen molar-refractivity contribution in [2.45, 2.75) is 11.4 Å². The van der Waals surface area contributed by atoms with Crippen LogP contribution in [0.25, 0.3) is 0 Å². The van der Waals surface area contributed by atoms with E-state index in [-0.39, 0.29) is 5.91 Å². The first-order chi connectivity index (χ1) is 9.47. The van der Waals surface area contributed by atoms with Gasteiger partial charge in [0.15, 0.2) is 0 Å². The van der Waals surface area contributed by atoms with Crippen molar-refractivity contribution in [2.75, 3.05) is 7.05 Å². The Morgan fingerprint density at radius 3 is 2.55 bits per heavy atom. The second-order valence-corrected chi connectivity index (χ2v) is 6.26. The van der Waals surface area contributed by atoms with E-state index in [2.05, 4.69) is 28.6 Å². The molecule has 0 unspecified atom stereocenters. The highest BCUT2D eigenvalue weighted by Crippen LogP contribution is 2.22. The number of amides is 1. The Hall–Kier alpha value is -0.970.